The van der Waals surface area contributed by atoms with Crippen LogP contribution in [0.15, 0.2) is 48.5 Å². The van der Waals surface area contributed by atoms with E-state index < -0.39 is 85.8 Å². The van der Waals surface area contributed by atoms with E-state index in [9.17, 15) is 33.9 Å². The summed E-state index contributed by atoms with van der Waals surface area (Å²) >= 11 is 0. The van der Waals surface area contributed by atoms with Crippen molar-refractivity contribution in [3.8, 4) is 11.1 Å². The lowest BCUT2D eigenvalue weighted by Gasteiger charge is -2.45. The molecule has 1 aliphatic carbocycles. The van der Waals surface area contributed by atoms with Gasteiger partial charge < -0.3 is 44.2 Å². The number of hydrogen-bond donors (Lipinski definition) is 3. The fourth-order valence-corrected chi connectivity index (χ4v) is 5.58. The molecule has 0 saturated carbocycles. The number of esters is 3. The number of aliphatic carboxylic acids is 1. The molecule has 1 heterocycles. The van der Waals surface area contributed by atoms with Gasteiger partial charge in [0.15, 0.2) is 24.5 Å². The predicted molar refractivity (Wildman–Crippen MR) is 160 cm³/mol. The second-order valence-corrected chi connectivity index (χ2v) is 10.9. The fourth-order valence-electron chi connectivity index (χ4n) is 5.58. The Morgan fingerprint density at radius 3 is 1.89 bits per heavy atom. The maximum Gasteiger partial charge on any atom is 0.407 e. The smallest absolute Gasteiger partial charge is 0.407 e. The topological polar surface area (TPSA) is 202 Å². The zero-order valence-corrected chi connectivity index (χ0v) is 26.1. The third-order valence-electron chi connectivity index (χ3n) is 7.43. The average molecular weight is 657 g/mol. The number of carbonyl (C=O) groups excluding carboxylic acids is 5. The van der Waals surface area contributed by atoms with Crippen LogP contribution in [0.2, 0.25) is 0 Å². The van der Waals surface area contributed by atoms with Crippen molar-refractivity contribution in [1.29, 1.82) is 0 Å². The molecule has 2 amide bonds. The molecule has 0 bridgehead atoms. The van der Waals surface area contributed by atoms with Gasteiger partial charge in [-0.25, -0.2) is 9.59 Å². The van der Waals surface area contributed by atoms with Crippen LogP contribution in [0.25, 0.3) is 11.1 Å². The molecule has 2 aromatic carbocycles. The van der Waals surface area contributed by atoms with E-state index in [4.69, 9.17) is 28.4 Å². The molecule has 1 saturated heterocycles. The number of ether oxygens (including phenoxy) is 6. The van der Waals surface area contributed by atoms with E-state index in [2.05, 4.69) is 10.6 Å². The lowest BCUT2D eigenvalue weighted by molar-refractivity contribution is -0.278. The van der Waals surface area contributed by atoms with E-state index >= 15 is 0 Å². The monoisotopic (exact) mass is 656 g/mol. The summed E-state index contributed by atoms with van der Waals surface area (Å²) in [5, 5.41) is 14.6. The molecule has 6 unspecified atom stereocenters. The van der Waals surface area contributed by atoms with Crippen LogP contribution >= 0.6 is 0 Å². The molecule has 2 aromatic rings. The van der Waals surface area contributed by atoms with Crippen LogP contribution in [0.4, 0.5) is 4.79 Å². The molecule has 4 rings (SSSR count). The van der Waals surface area contributed by atoms with Crippen LogP contribution in [0.5, 0.6) is 0 Å². The Morgan fingerprint density at radius 2 is 1.36 bits per heavy atom. The van der Waals surface area contributed by atoms with Crippen molar-refractivity contribution in [3.63, 3.8) is 0 Å². The van der Waals surface area contributed by atoms with Crippen LogP contribution in [-0.2, 0) is 52.4 Å². The fraction of sp³-hybridized carbons (Fsp3) is 0.438. The van der Waals surface area contributed by atoms with Crippen molar-refractivity contribution in [2.75, 3.05) is 19.8 Å². The van der Waals surface area contributed by atoms with Crippen LogP contribution in [0.3, 0.4) is 0 Å². The number of fused-ring (bicyclic) bond motifs is 3. The number of amides is 2. The molecular weight excluding hydrogens is 620 g/mol. The van der Waals surface area contributed by atoms with E-state index in [1.54, 1.807) is 0 Å². The van der Waals surface area contributed by atoms with Gasteiger partial charge in [-0.2, -0.15) is 0 Å². The van der Waals surface area contributed by atoms with Gasteiger partial charge in [0.1, 0.15) is 25.4 Å². The highest BCUT2D eigenvalue weighted by molar-refractivity contribution is 5.81. The summed E-state index contributed by atoms with van der Waals surface area (Å²) in [5.74, 6) is -4.65. The normalized spacial score (nSPS) is 22.1. The minimum absolute atomic E-state index is 0.0666. The number of hydrogen-bond acceptors (Lipinski definition) is 12. The summed E-state index contributed by atoms with van der Waals surface area (Å²) in [4.78, 5) is 72.6. The van der Waals surface area contributed by atoms with Crippen molar-refractivity contribution in [1.82, 2.24) is 10.6 Å². The van der Waals surface area contributed by atoms with E-state index in [0.717, 1.165) is 49.9 Å². The third kappa shape index (κ3) is 8.83. The second-order valence-electron chi connectivity index (χ2n) is 10.9. The Bertz CT molecular complexity index is 1470. The van der Waals surface area contributed by atoms with Crippen molar-refractivity contribution >= 4 is 35.9 Å². The number of carbonyl (C=O) groups is 6. The van der Waals surface area contributed by atoms with Crippen LogP contribution < -0.4 is 10.6 Å². The largest absolute Gasteiger partial charge is 0.480 e. The summed E-state index contributed by atoms with van der Waals surface area (Å²) in [6.07, 6.45) is -6.58. The van der Waals surface area contributed by atoms with E-state index in [1.165, 1.54) is 0 Å². The van der Waals surface area contributed by atoms with Crippen molar-refractivity contribution in [2.24, 2.45) is 0 Å². The highest BCUT2D eigenvalue weighted by Gasteiger charge is 2.51. The van der Waals surface area contributed by atoms with Crippen molar-refractivity contribution in [3.05, 3.63) is 59.7 Å². The zero-order valence-electron chi connectivity index (χ0n) is 26.1. The number of benzene rings is 2. The molecule has 6 atom stereocenters. The van der Waals surface area contributed by atoms with E-state index in [-0.39, 0.29) is 12.5 Å². The van der Waals surface area contributed by atoms with Gasteiger partial charge in [0.25, 0.3) is 0 Å². The summed E-state index contributed by atoms with van der Waals surface area (Å²) < 4.78 is 32.8. The summed E-state index contributed by atoms with van der Waals surface area (Å²) in [6.45, 7) is 3.23. The van der Waals surface area contributed by atoms with Gasteiger partial charge in [-0.1, -0.05) is 48.5 Å². The highest BCUT2D eigenvalue weighted by Crippen LogP contribution is 2.44. The molecule has 252 valence electrons. The van der Waals surface area contributed by atoms with Gasteiger partial charge in [0.2, 0.25) is 5.91 Å². The molecular formula is C32H36N2O13. The maximum absolute atomic E-state index is 12.8. The standard InChI is InChI=1S/C32H36N2O13/c1-16(35)33-27-29(46-19(4)38)28(45-18(3)37)26(15-42-17(2)36)47-31(27)43-14-25(30(39)40)34-32(41)44-13-24-22-11-7-5-9-20(22)21-10-6-8-12-23(21)24/h5-12,24-29,31H,13-15H2,1-4H3,(H,33,35)(H,34,41)(H,39,40). The first-order chi connectivity index (χ1) is 22.3. The van der Waals surface area contributed by atoms with Gasteiger partial charge in [0.05, 0.1) is 6.61 Å². The molecule has 15 nitrogen and oxygen atoms in total. The molecule has 1 fully saturated rings. The summed E-state index contributed by atoms with van der Waals surface area (Å²) in [6, 6.07) is 12.5. The molecule has 2 aliphatic rings. The second kappa shape index (κ2) is 15.5. The lowest BCUT2D eigenvalue weighted by atomic mass is 9.96. The first-order valence-corrected chi connectivity index (χ1v) is 14.7. The van der Waals surface area contributed by atoms with Crippen molar-refractivity contribution in [2.45, 2.75) is 70.3 Å². The third-order valence-corrected chi connectivity index (χ3v) is 7.43. The molecule has 3 N–H and O–H groups in total. The minimum Gasteiger partial charge on any atom is -0.480 e. The summed E-state index contributed by atoms with van der Waals surface area (Å²) in [7, 11) is 0. The summed E-state index contributed by atoms with van der Waals surface area (Å²) in [5.41, 5.74) is 3.97. The van der Waals surface area contributed by atoms with Gasteiger partial charge in [-0.15, -0.1) is 0 Å². The Balaban J connectivity index is 1.48. The molecule has 0 radical (unpaired) electrons. The number of alkyl carbamates (subject to hydrolysis) is 1. The lowest BCUT2D eigenvalue weighted by Crippen LogP contribution is -2.67. The Labute approximate surface area is 269 Å². The number of carboxylic acids is 1. The highest BCUT2D eigenvalue weighted by atomic mass is 16.7. The Morgan fingerprint density at radius 1 is 0.787 bits per heavy atom. The van der Waals surface area contributed by atoms with Crippen LogP contribution in [0, 0.1) is 0 Å². The molecule has 0 spiro atoms. The number of carboxylic acid groups (broad SMARTS) is 1. The first kappa shape index (κ1) is 34.8. The molecule has 15 heteroatoms. The molecule has 1 aliphatic heterocycles. The molecule has 47 heavy (non-hydrogen) atoms. The van der Waals surface area contributed by atoms with Gasteiger partial charge in [-0.05, 0) is 22.3 Å². The first-order valence-electron chi connectivity index (χ1n) is 14.7. The van der Waals surface area contributed by atoms with E-state index in [0.29, 0.717) is 0 Å². The van der Waals surface area contributed by atoms with Gasteiger partial charge in [-0.3, -0.25) is 19.2 Å². The minimum atomic E-state index is -1.66. The van der Waals surface area contributed by atoms with Crippen molar-refractivity contribution < 1.29 is 62.3 Å². The predicted octanol–water partition coefficient (Wildman–Crippen LogP) is 1.65. The number of nitrogens with one attached hydrogen (secondary N) is 2. The average Bonchev–Trinajstić information content (AvgIpc) is 3.32. The molecule has 0 aromatic heterocycles. The van der Waals surface area contributed by atoms with E-state index in [1.807, 2.05) is 48.5 Å². The zero-order chi connectivity index (χ0) is 34.2. The van der Waals surface area contributed by atoms with Gasteiger partial charge >= 0.3 is 30.0 Å². The Hall–Kier alpha value is -5.02. The number of rotatable bonds is 12. The SMILES string of the molecule is CC(=O)NC1C(OCC(NC(=O)OCC2c3ccccc3-c3ccccc32)C(=O)O)OC(COC(C)=O)C(OC(C)=O)C1OC(C)=O. The Kier molecular flexibility index (Phi) is 11.5. The van der Waals surface area contributed by atoms with Crippen LogP contribution in [0.1, 0.15) is 44.7 Å². The quantitative estimate of drug-likeness (QED) is 0.220. The van der Waals surface area contributed by atoms with Gasteiger partial charge in [0, 0.05) is 33.6 Å². The maximum atomic E-state index is 12.8. The van der Waals surface area contributed by atoms with Crippen LogP contribution in [-0.4, -0.2) is 97.5 Å².